The van der Waals surface area contributed by atoms with Crippen LogP contribution in [0.4, 0.5) is 0 Å². The van der Waals surface area contributed by atoms with E-state index in [2.05, 4.69) is 63.7 Å². The molecule has 0 aliphatic rings. The summed E-state index contributed by atoms with van der Waals surface area (Å²) in [5.41, 5.74) is 0. The molecule has 0 aliphatic carbocycles. The lowest BCUT2D eigenvalue weighted by molar-refractivity contribution is 0.476. The molecule has 0 radical (unpaired) electrons. The van der Waals surface area contributed by atoms with Gasteiger partial charge in [-0.05, 0) is 68.3 Å². The second kappa shape index (κ2) is 5.87. The fourth-order valence-corrected chi connectivity index (χ4v) is 3.03. The van der Waals surface area contributed by atoms with Gasteiger partial charge in [-0.1, -0.05) is 31.9 Å². The highest BCUT2D eigenvalue weighted by Gasteiger charge is 2.07. The topological polar surface area (TPSA) is 9.23 Å². The third-order valence-electron chi connectivity index (χ3n) is 2.01. The van der Waals surface area contributed by atoms with E-state index in [9.17, 15) is 0 Å². The fraction of sp³-hybridized carbons (Fsp3) is 0. The monoisotopic (exact) mass is 482 g/mol. The summed E-state index contributed by atoms with van der Waals surface area (Å²) in [6.07, 6.45) is 0. The van der Waals surface area contributed by atoms with Gasteiger partial charge in [0.15, 0.2) is 0 Å². The van der Waals surface area contributed by atoms with E-state index in [1.807, 2.05) is 36.4 Å². The van der Waals surface area contributed by atoms with Gasteiger partial charge >= 0.3 is 0 Å². The van der Waals surface area contributed by atoms with Gasteiger partial charge in [-0.25, -0.2) is 0 Å². The van der Waals surface area contributed by atoms with Crippen molar-refractivity contribution in [3.8, 4) is 11.5 Å². The minimum Gasteiger partial charge on any atom is -0.455 e. The molecule has 0 N–H and O–H groups in total. The highest BCUT2D eigenvalue weighted by Crippen LogP contribution is 2.36. The molecule has 2 aromatic carbocycles. The predicted octanol–water partition coefficient (Wildman–Crippen LogP) is 6.53. The van der Waals surface area contributed by atoms with Crippen LogP contribution >= 0.6 is 63.7 Å². The summed E-state index contributed by atoms with van der Waals surface area (Å²) >= 11 is 13.7. The Bertz CT molecular complexity index is 554. The third-order valence-corrected chi connectivity index (χ3v) is 4.27. The Morgan fingerprint density at radius 3 is 2.00 bits per heavy atom. The second-order valence-electron chi connectivity index (χ2n) is 3.25. The molecule has 0 unspecified atom stereocenters. The van der Waals surface area contributed by atoms with Crippen molar-refractivity contribution < 1.29 is 4.74 Å². The van der Waals surface area contributed by atoms with Crippen molar-refractivity contribution in [3.63, 3.8) is 0 Å². The van der Waals surface area contributed by atoms with Crippen LogP contribution in [0.15, 0.2) is 54.3 Å². The summed E-state index contributed by atoms with van der Waals surface area (Å²) in [7, 11) is 0. The van der Waals surface area contributed by atoms with Crippen LogP contribution in [0.1, 0.15) is 0 Å². The molecule has 0 amide bonds. The predicted molar refractivity (Wildman–Crippen MR) is 83.8 cm³/mol. The van der Waals surface area contributed by atoms with Gasteiger partial charge in [0, 0.05) is 8.95 Å². The maximum atomic E-state index is 5.83. The average molecular weight is 486 g/mol. The van der Waals surface area contributed by atoms with Crippen LogP contribution in [0.3, 0.4) is 0 Å². The standard InChI is InChI=1S/C12H6Br4O/c13-7-2-4-11(10(16)5-7)17-12-6-8(14)1-3-9(12)15/h1-6H. The Labute approximate surface area is 133 Å². The van der Waals surface area contributed by atoms with Gasteiger partial charge in [-0.15, -0.1) is 0 Å². The number of hydrogen-bond donors (Lipinski definition) is 0. The zero-order chi connectivity index (χ0) is 12.4. The molecule has 0 heterocycles. The lowest BCUT2D eigenvalue weighted by Gasteiger charge is -2.10. The van der Waals surface area contributed by atoms with Crippen molar-refractivity contribution in [2.24, 2.45) is 0 Å². The number of hydrogen-bond acceptors (Lipinski definition) is 1. The first-order valence-corrected chi connectivity index (χ1v) is 7.81. The molecule has 0 atom stereocenters. The summed E-state index contributed by atoms with van der Waals surface area (Å²) in [5, 5.41) is 0. The SMILES string of the molecule is Brc1ccc(Oc2cc(Br)ccc2Br)c(Br)c1. The van der Waals surface area contributed by atoms with Gasteiger partial charge < -0.3 is 4.74 Å². The minimum atomic E-state index is 0.766. The first kappa shape index (κ1) is 13.6. The summed E-state index contributed by atoms with van der Waals surface area (Å²) in [4.78, 5) is 0. The molecule has 5 heteroatoms. The van der Waals surface area contributed by atoms with Gasteiger partial charge in [-0.2, -0.15) is 0 Å². The van der Waals surface area contributed by atoms with Crippen LogP contribution in [0, 0.1) is 0 Å². The van der Waals surface area contributed by atoms with Crippen LogP contribution in [0.2, 0.25) is 0 Å². The van der Waals surface area contributed by atoms with Crippen molar-refractivity contribution in [1.82, 2.24) is 0 Å². The second-order valence-corrected chi connectivity index (χ2v) is 6.79. The van der Waals surface area contributed by atoms with Crippen LogP contribution < -0.4 is 4.74 Å². The number of benzene rings is 2. The van der Waals surface area contributed by atoms with Crippen LogP contribution in [0.25, 0.3) is 0 Å². The molecular formula is C12H6Br4O. The summed E-state index contributed by atoms with van der Waals surface area (Å²) < 4.78 is 9.63. The zero-order valence-electron chi connectivity index (χ0n) is 8.38. The Morgan fingerprint density at radius 1 is 0.647 bits per heavy atom. The summed E-state index contributed by atoms with van der Waals surface area (Å²) in [5.74, 6) is 1.54. The van der Waals surface area contributed by atoms with E-state index in [-0.39, 0.29) is 0 Å². The molecule has 88 valence electrons. The maximum absolute atomic E-state index is 5.83. The van der Waals surface area contributed by atoms with Crippen molar-refractivity contribution >= 4 is 63.7 Å². The Hall–Kier alpha value is 0.160. The highest BCUT2D eigenvalue weighted by atomic mass is 79.9. The van der Waals surface area contributed by atoms with Gasteiger partial charge in [0.1, 0.15) is 11.5 Å². The Kier molecular flexibility index (Phi) is 4.69. The van der Waals surface area contributed by atoms with Crippen molar-refractivity contribution in [1.29, 1.82) is 0 Å². The van der Waals surface area contributed by atoms with Gasteiger partial charge in [-0.3, -0.25) is 0 Å². The Morgan fingerprint density at radius 2 is 1.29 bits per heavy atom. The number of ether oxygens (including phenoxy) is 1. The van der Waals surface area contributed by atoms with E-state index in [1.54, 1.807) is 0 Å². The van der Waals surface area contributed by atoms with Crippen LogP contribution in [0.5, 0.6) is 11.5 Å². The van der Waals surface area contributed by atoms with E-state index in [0.29, 0.717) is 0 Å². The molecule has 0 saturated carbocycles. The number of halogens is 4. The van der Waals surface area contributed by atoms with E-state index >= 15 is 0 Å². The van der Waals surface area contributed by atoms with Gasteiger partial charge in [0.05, 0.1) is 8.95 Å². The molecule has 17 heavy (non-hydrogen) atoms. The zero-order valence-corrected chi connectivity index (χ0v) is 14.7. The van der Waals surface area contributed by atoms with E-state index in [4.69, 9.17) is 4.74 Å². The van der Waals surface area contributed by atoms with E-state index in [1.165, 1.54) is 0 Å². The highest BCUT2D eigenvalue weighted by molar-refractivity contribution is 9.11. The summed E-state index contributed by atoms with van der Waals surface area (Å²) in [6, 6.07) is 11.6. The molecule has 0 saturated heterocycles. The van der Waals surface area contributed by atoms with Gasteiger partial charge in [0.2, 0.25) is 0 Å². The van der Waals surface area contributed by atoms with Crippen molar-refractivity contribution in [3.05, 3.63) is 54.3 Å². The minimum absolute atomic E-state index is 0.766. The van der Waals surface area contributed by atoms with E-state index in [0.717, 1.165) is 29.4 Å². The molecule has 2 aromatic rings. The number of rotatable bonds is 2. The summed E-state index contributed by atoms with van der Waals surface area (Å²) in [6.45, 7) is 0. The van der Waals surface area contributed by atoms with E-state index < -0.39 is 0 Å². The first-order valence-electron chi connectivity index (χ1n) is 4.64. The molecule has 0 spiro atoms. The normalized spacial score (nSPS) is 10.4. The molecule has 2 rings (SSSR count). The average Bonchev–Trinajstić information content (AvgIpc) is 2.27. The van der Waals surface area contributed by atoms with Crippen LogP contribution in [-0.4, -0.2) is 0 Å². The molecule has 0 aliphatic heterocycles. The molecule has 0 aromatic heterocycles. The maximum Gasteiger partial charge on any atom is 0.142 e. The lowest BCUT2D eigenvalue weighted by atomic mass is 10.3. The molecular weight excluding hydrogens is 480 g/mol. The third kappa shape index (κ3) is 3.56. The largest absolute Gasteiger partial charge is 0.455 e. The van der Waals surface area contributed by atoms with Crippen molar-refractivity contribution in [2.75, 3.05) is 0 Å². The first-order chi connectivity index (χ1) is 8.06. The Balaban J connectivity index is 2.34. The van der Waals surface area contributed by atoms with Gasteiger partial charge in [0.25, 0.3) is 0 Å². The fourth-order valence-electron chi connectivity index (χ4n) is 1.23. The van der Waals surface area contributed by atoms with Crippen molar-refractivity contribution in [2.45, 2.75) is 0 Å². The molecule has 0 bridgehead atoms. The van der Waals surface area contributed by atoms with Crippen LogP contribution in [-0.2, 0) is 0 Å². The molecule has 0 fully saturated rings. The lowest BCUT2D eigenvalue weighted by Crippen LogP contribution is -1.87. The quantitative estimate of drug-likeness (QED) is 0.470. The smallest absolute Gasteiger partial charge is 0.142 e. The molecule has 1 nitrogen and oxygen atoms in total.